The Kier molecular flexibility index (Phi) is 6.27. The average Bonchev–Trinajstić information content (AvgIpc) is 3.13. The fourth-order valence-corrected chi connectivity index (χ4v) is 2.42. The fourth-order valence-electron chi connectivity index (χ4n) is 2.42. The number of hydroxylamine groups is 2. The second-order valence-corrected chi connectivity index (χ2v) is 4.96. The summed E-state index contributed by atoms with van der Waals surface area (Å²) in [6.45, 7) is 5.28. The van der Waals surface area contributed by atoms with Crippen LogP contribution in [-0.4, -0.2) is 44.1 Å². The summed E-state index contributed by atoms with van der Waals surface area (Å²) in [4.78, 5) is 39.0. The van der Waals surface area contributed by atoms with E-state index in [2.05, 4.69) is 4.98 Å². The van der Waals surface area contributed by atoms with Gasteiger partial charge in [-0.1, -0.05) is 10.0 Å². The molecule has 1 aromatic rings. The maximum atomic E-state index is 12.6. The number of hydrogen-bond donors (Lipinski definition) is 0. The molecule has 0 spiro atoms. The van der Waals surface area contributed by atoms with Gasteiger partial charge in [-0.05, 0) is 26.7 Å². The van der Waals surface area contributed by atoms with Crippen molar-refractivity contribution in [2.75, 3.05) is 41.3 Å². The SMILES string of the molecule is CCON(C=O)c1cc(N2CCCC2)nc(N(C=O)OCC)[n+]1[O-]. The molecule has 132 valence electrons. The van der Waals surface area contributed by atoms with E-state index < -0.39 is 0 Å². The van der Waals surface area contributed by atoms with Gasteiger partial charge in [-0.3, -0.25) is 9.59 Å². The second kappa shape index (κ2) is 8.41. The Bertz CT molecular complexity index is 540. The Labute approximate surface area is 139 Å². The zero-order chi connectivity index (χ0) is 17.5. The van der Waals surface area contributed by atoms with Gasteiger partial charge in [0.2, 0.25) is 5.82 Å². The van der Waals surface area contributed by atoms with E-state index in [4.69, 9.17) is 9.68 Å². The van der Waals surface area contributed by atoms with Crippen molar-refractivity contribution in [1.29, 1.82) is 0 Å². The van der Waals surface area contributed by atoms with E-state index in [1.165, 1.54) is 6.07 Å². The van der Waals surface area contributed by atoms with Crippen LogP contribution in [0.2, 0.25) is 0 Å². The average molecular weight is 339 g/mol. The van der Waals surface area contributed by atoms with Crippen LogP contribution >= 0.6 is 0 Å². The van der Waals surface area contributed by atoms with Crippen LogP contribution in [0.5, 0.6) is 0 Å². The first-order valence-corrected chi connectivity index (χ1v) is 7.80. The second-order valence-electron chi connectivity index (χ2n) is 4.96. The van der Waals surface area contributed by atoms with Crippen LogP contribution < -0.4 is 19.8 Å². The molecule has 24 heavy (non-hydrogen) atoms. The Morgan fingerprint density at radius 1 is 1.21 bits per heavy atom. The molecule has 0 N–H and O–H groups in total. The first-order valence-electron chi connectivity index (χ1n) is 7.80. The van der Waals surface area contributed by atoms with Crippen molar-refractivity contribution >= 4 is 30.4 Å². The van der Waals surface area contributed by atoms with Gasteiger partial charge in [-0.2, -0.15) is 0 Å². The van der Waals surface area contributed by atoms with Crippen LogP contribution in [0, 0.1) is 5.21 Å². The number of amides is 2. The topological polar surface area (TPSA) is 102 Å². The molecule has 0 saturated carbocycles. The zero-order valence-corrected chi connectivity index (χ0v) is 13.8. The molecule has 2 amide bonds. The Morgan fingerprint density at radius 3 is 2.33 bits per heavy atom. The lowest BCUT2D eigenvalue weighted by atomic mass is 10.4. The lowest BCUT2D eigenvalue weighted by Crippen LogP contribution is -2.45. The summed E-state index contributed by atoms with van der Waals surface area (Å²) in [7, 11) is 0. The van der Waals surface area contributed by atoms with Crippen LogP contribution in [0.3, 0.4) is 0 Å². The number of nitrogens with zero attached hydrogens (tertiary/aromatic N) is 5. The van der Waals surface area contributed by atoms with Gasteiger partial charge >= 0.3 is 5.95 Å². The van der Waals surface area contributed by atoms with Crippen molar-refractivity contribution in [2.45, 2.75) is 26.7 Å². The highest BCUT2D eigenvalue weighted by atomic mass is 16.7. The molecule has 1 aliphatic heterocycles. The van der Waals surface area contributed by atoms with Crippen LogP contribution in [0.25, 0.3) is 0 Å². The van der Waals surface area contributed by atoms with Gasteiger partial charge in [0.1, 0.15) is 0 Å². The molecule has 2 rings (SSSR count). The summed E-state index contributed by atoms with van der Waals surface area (Å²) in [6.07, 6.45) is 2.75. The molecule has 0 atom stereocenters. The number of carbonyl (C=O) groups excluding carboxylic acids is 2. The molecular weight excluding hydrogens is 318 g/mol. The molecule has 1 fully saturated rings. The van der Waals surface area contributed by atoms with Gasteiger partial charge in [-0.15, -0.1) is 5.06 Å². The minimum absolute atomic E-state index is 0.0923. The normalized spacial score (nSPS) is 13.8. The first-order chi connectivity index (χ1) is 11.7. The molecule has 0 aromatic carbocycles. The van der Waals surface area contributed by atoms with E-state index in [0.29, 0.717) is 23.4 Å². The van der Waals surface area contributed by atoms with Gasteiger partial charge < -0.3 is 10.1 Å². The van der Waals surface area contributed by atoms with E-state index in [0.717, 1.165) is 36.1 Å². The minimum Gasteiger partial charge on any atom is -0.754 e. The highest BCUT2D eigenvalue weighted by Gasteiger charge is 2.28. The van der Waals surface area contributed by atoms with E-state index in [1.807, 2.05) is 4.90 Å². The Morgan fingerprint density at radius 2 is 1.79 bits per heavy atom. The number of rotatable bonds is 9. The summed E-state index contributed by atoms with van der Waals surface area (Å²) in [5.41, 5.74) is 0. The molecule has 1 aromatic heterocycles. The van der Waals surface area contributed by atoms with E-state index in [1.54, 1.807) is 13.8 Å². The van der Waals surface area contributed by atoms with Crippen LogP contribution in [0.4, 0.5) is 17.6 Å². The number of anilines is 3. The smallest absolute Gasteiger partial charge is 0.386 e. The molecule has 0 radical (unpaired) electrons. The van der Waals surface area contributed by atoms with Gasteiger partial charge in [-0.25, -0.2) is 14.4 Å². The van der Waals surface area contributed by atoms with Crippen molar-refractivity contribution in [1.82, 2.24) is 4.98 Å². The number of hydrogen-bond acceptors (Lipinski definition) is 7. The van der Waals surface area contributed by atoms with E-state index in [-0.39, 0.29) is 25.0 Å². The zero-order valence-electron chi connectivity index (χ0n) is 13.8. The van der Waals surface area contributed by atoms with E-state index >= 15 is 0 Å². The molecular formula is C14H21N5O5. The maximum Gasteiger partial charge on any atom is 0.386 e. The molecule has 1 aliphatic rings. The van der Waals surface area contributed by atoms with Crippen molar-refractivity contribution in [3.63, 3.8) is 0 Å². The lowest BCUT2D eigenvalue weighted by Gasteiger charge is -2.24. The maximum absolute atomic E-state index is 12.6. The molecule has 0 unspecified atom stereocenters. The third-order valence-corrected chi connectivity index (χ3v) is 3.44. The van der Waals surface area contributed by atoms with Crippen molar-refractivity contribution < 1.29 is 24.0 Å². The molecule has 0 aliphatic carbocycles. The third-order valence-electron chi connectivity index (χ3n) is 3.44. The summed E-state index contributed by atoms with van der Waals surface area (Å²) in [5, 5.41) is 14.1. The monoisotopic (exact) mass is 339 g/mol. The summed E-state index contributed by atoms with van der Waals surface area (Å²) in [6, 6.07) is 1.46. The third kappa shape index (κ3) is 3.71. The van der Waals surface area contributed by atoms with Crippen molar-refractivity contribution in [2.24, 2.45) is 0 Å². The molecule has 2 heterocycles. The lowest BCUT2D eigenvalue weighted by molar-refractivity contribution is -0.585. The van der Waals surface area contributed by atoms with Crippen molar-refractivity contribution in [3.8, 4) is 0 Å². The van der Waals surface area contributed by atoms with Gasteiger partial charge in [0.05, 0.1) is 19.3 Å². The van der Waals surface area contributed by atoms with Crippen LogP contribution in [0.15, 0.2) is 6.07 Å². The molecule has 1 saturated heterocycles. The van der Waals surface area contributed by atoms with Crippen molar-refractivity contribution in [3.05, 3.63) is 11.3 Å². The quantitative estimate of drug-likeness (QED) is 0.273. The highest BCUT2D eigenvalue weighted by Crippen LogP contribution is 2.24. The van der Waals surface area contributed by atoms with Crippen LogP contribution in [0.1, 0.15) is 26.7 Å². The highest BCUT2D eigenvalue weighted by molar-refractivity contribution is 5.72. The molecule has 0 bridgehead atoms. The predicted octanol–water partition coefficient (Wildman–Crippen LogP) is 0.144. The minimum atomic E-state index is -0.280. The first kappa shape index (κ1) is 17.9. The standard InChI is InChI=1S/C14H21N5O5/c1-3-23-17(10-20)13-9-12(16-7-5-6-8-16)15-14(19(13)22)18(11-21)24-4-2/h9-11H,3-8H2,1-2H3. The number of carbonyl (C=O) groups is 2. The van der Waals surface area contributed by atoms with Gasteiger partial charge in [0, 0.05) is 13.1 Å². The Hall–Kier alpha value is -2.46. The fraction of sp³-hybridized carbons (Fsp3) is 0.571. The number of aromatic nitrogens is 2. The summed E-state index contributed by atoms with van der Waals surface area (Å²) >= 11 is 0. The van der Waals surface area contributed by atoms with Gasteiger partial charge in [0.15, 0.2) is 5.82 Å². The van der Waals surface area contributed by atoms with E-state index in [9.17, 15) is 14.8 Å². The molecule has 10 heteroatoms. The predicted molar refractivity (Wildman–Crippen MR) is 85.0 cm³/mol. The summed E-state index contributed by atoms with van der Waals surface area (Å²) < 4.78 is 0.327. The molecule has 10 nitrogen and oxygen atoms in total. The Balaban J connectivity index is 2.52. The largest absolute Gasteiger partial charge is 0.754 e. The van der Waals surface area contributed by atoms with Crippen LogP contribution in [-0.2, 0) is 19.3 Å². The summed E-state index contributed by atoms with van der Waals surface area (Å²) in [5.74, 6) is 0.103. The van der Waals surface area contributed by atoms with Gasteiger partial charge in [0.25, 0.3) is 12.8 Å².